The van der Waals surface area contributed by atoms with E-state index in [1.165, 1.54) is 0 Å². The van der Waals surface area contributed by atoms with Gasteiger partial charge in [-0.25, -0.2) is 4.21 Å². The van der Waals surface area contributed by atoms with Crippen LogP contribution in [0, 0.1) is 0 Å². The molecule has 0 radical (unpaired) electrons. The zero-order chi connectivity index (χ0) is 9.54. The van der Waals surface area contributed by atoms with Gasteiger partial charge in [0, 0.05) is 11.8 Å². The van der Waals surface area contributed by atoms with Crippen LogP contribution < -0.4 is 0 Å². The molecule has 0 aromatic heterocycles. The minimum Gasteiger partial charge on any atom is -0.229 e. The van der Waals surface area contributed by atoms with Gasteiger partial charge in [0.05, 0.1) is 4.90 Å². The molecule has 0 N–H and O–H groups in total. The predicted molar refractivity (Wildman–Crippen MR) is 58.0 cm³/mol. The molecule has 1 heterocycles. The zero-order valence-corrected chi connectivity index (χ0v) is 8.12. The lowest BCUT2D eigenvalue weighted by Crippen LogP contribution is -1.87. The normalized spacial score (nSPS) is 18.7. The van der Waals surface area contributed by atoms with Gasteiger partial charge in [-0.15, -0.1) is 0 Å². The predicted octanol–water partition coefficient (Wildman–Crippen LogP) is 2.29. The molecule has 2 aromatic rings. The van der Waals surface area contributed by atoms with E-state index in [1.807, 2.05) is 36.4 Å². The fourth-order valence-corrected chi connectivity index (χ4v) is 2.57. The topological polar surface area (TPSA) is 29.4 Å². The average molecular weight is 201 g/mol. The van der Waals surface area contributed by atoms with Crippen molar-refractivity contribution in [2.24, 2.45) is 4.40 Å². The molecule has 2 nitrogen and oxygen atoms in total. The maximum atomic E-state index is 11.4. The molecule has 1 aliphatic rings. The Hall–Kier alpha value is -1.48. The molecule has 0 spiro atoms. The molecule has 14 heavy (non-hydrogen) atoms. The standard InChI is InChI=1S/C11H7NOS/c13-14-11-6-5-8-3-1-2-4-9(8)10(11)7-12-14/h1-7H. The minimum atomic E-state index is -1.18. The molecule has 0 amide bonds. The van der Waals surface area contributed by atoms with Crippen LogP contribution in [-0.4, -0.2) is 10.4 Å². The number of fused-ring (bicyclic) bond motifs is 3. The molecule has 3 heteroatoms. The summed E-state index contributed by atoms with van der Waals surface area (Å²) in [5, 5.41) is 2.29. The molecule has 0 aliphatic carbocycles. The lowest BCUT2D eigenvalue weighted by atomic mass is 10.1. The third-order valence-electron chi connectivity index (χ3n) is 2.40. The van der Waals surface area contributed by atoms with Crippen molar-refractivity contribution in [3.05, 3.63) is 42.0 Å². The van der Waals surface area contributed by atoms with E-state index in [-0.39, 0.29) is 0 Å². The molecule has 1 aliphatic heterocycles. The molecule has 1 atom stereocenters. The third kappa shape index (κ3) is 0.960. The van der Waals surface area contributed by atoms with Gasteiger partial charge in [-0.05, 0) is 16.8 Å². The highest BCUT2D eigenvalue weighted by atomic mass is 32.2. The summed E-state index contributed by atoms with van der Waals surface area (Å²) in [6.07, 6.45) is 1.70. The van der Waals surface area contributed by atoms with Crippen molar-refractivity contribution in [2.45, 2.75) is 4.90 Å². The highest BCUT2D eigenvalue weighted by Gasteiger charge is 2.15. The van der Waals surface area contributed by atoms with Crippen LogP contribution in [0.15, 0.2) is 45.7 Å². The number of hydrogen-bond donors (Lipinski definition) is 0. The second-order valence-electron chi connectivity index (χ2n) is 3.18. The molecule has 0 saturated carbocycles. The van der Waals surface area contributed by atoms with Crippen LogP contribution in [0.25, 0.3) is 10.8 Å². The Labute approximate surface area is 83.9 Å². The lowest BCUT2D eigenvalue weighted by Gasteiger charge is -2.01. The summed E-state index contributed by atoms with van der Waals surface area (Å²) >= 11 is 0. The molecule has 2 aromatic carbocycles. The summed E-state index contributed by atoms with van der Waals surface area (Å²) in [5.41, 5.74) is 1.00. The smallest absolute Gasteiger partial charge is 0.173 e. The molecular formula is C11H7NOS. The van der Waals surface area contributed by atoms with Gasteiger partial charge in [-0.1, -0.05) is 30.3 Å². The van der Waals surface area contributed by atoms with Crippen LogP contribution in [-0.2, 0) is 11.0 Å². The van der Waals surface area contributed by atoms with Gasteiger partial charge in [0.15, 0.2) is 11.0 Å². The van der Waals surface area contributed by atoms with Crippen molar-refractivity contribution < 1.29 is 4.21 Å². The van der Waals surface area contributed by atoms with E-state index < -0.39 is 11.0 Å². The van der Waals surface area contributed by atoms with Crippen molar-refractivity contribution >= 4 is 28.0 Å². The number of rotatable bonds is 0. The van der Waals surface area contributed by atoms with Crippen LogP contribution >= 0.6 is 0 Å². The van der Waals surface area contributed by atoms with Gasteiger partial charge in [-0.3, -0.25) is 0 Å². The number of benzene rings is 2. The van der Waals surface area contributed by atoms with Gasteiger partial charge in [0.25, 0.3) is 0 Å². The molecule has 0 bridgehead atoms. The Morgan fingerprint density at radius 3 is 2.86 bits per heavy atom. The average Bonchev–Trinajstić information content (AvgIpc) is 2.61. The van der Waals surface area contributed by atoms with Gasteiger partial charge in [0.1, 0.15) is 0 Å². The first-order valence-electron chi connectivity index (χ1n) is 4.34. The summed E-state index contributed by atoms with van der Waals surface area (Å²) < 4.78 is 15.3. The van der Waals surface area contributed by atoms with E-state index >= 15 is 0 Å². The van der Waals surface area contributed by atoms with E-state index in [4.69, 9.17) is 0 Å². The Balaban J connectivity index is 2.49. The third-order valence-corrected chi connectivity index (χ3v) is 3.43. The highest BCUT2D eigenvalue weighted by molar-refractivity contribution is 7.84. The maximum absolute atomic E-state index is 11.4. The maximum Gasteiger partial charge on any atom is 0.173 e. The van der Waals surface area contributed by atoms with E-state index in [0.29, 0.717) is 0 Å². The largest absolute Gasteiger partial charge is 0.229 e. The number of hydrogen-bond acceptors (Lipinski definition) is 1. The van der Waals surface area contributed by atoms with Crippen molar-refractivity contribution in [3.63, 3.8) is 0 Å². The van der Waals surface area contributed by atoms with E-state index in [1.54, 1.807) is 6.21 Å². The fourth-order valence-electron chi connectivity index (χ4n) is 1.72. The Morgan fingerprint density at radius 1 is 1.07 bits per heavy atom. The van der Waals surface area contributed by atoms with E-state index in [0.717, 1.165) is 21.2 Å². The zero-order valence-electron chi connectivity index (χ0n) is 7.31. The Bertz CT molecular complexity index is 575. The summed E-state index contributed by atoms with van der Waals surface area (Å²) in [5.74, 6) is 0. The first-order valence-corrected chi connectivity index (χ1v) is 5.45. The molecule has 3 rings (SSSR count). The van der Waals surface area contributed by atoms with Crippen molar-refractivity contribution in [2.75, 3.05) is 0 Å². The fraction of sp³-hybridized carbons (Fsp3) is 0. The molecule has 1 unspecified atom stereocenters. The van der Waals surface area contributed by atoms with Gasteiger partial charge >= 0.3 is 0 Å². The first kappa shape index (κ1) is 7.88. The van der Waals surface area contributed by atoms with Crippen molar-refractivity contribution in [1.29, 1.82) is 0 Å². The minimum absolute atomic E-state index is 0.823. The second-order valence-corrected chi connectivity index (χ2v) is 4.33. The van der Waals surface area contributed by atoms with Gasteiger partial charge in [0.2, 0.25) is 0 Å². The monoisotopic (exact) mass is 201 g/mol. The Morgan fingerprint density at radius 2 is 1.93 bits per heavy atom. The van der Waals surface area contributed by atoms with Crippen molar-refractivity contribution in [3.8, 4) is 0 Å². The summed E-state index contributed by atoms with van der Waals surface area (Å²) in [6, 6.07) is 11.9. The van der Waals surface area contributed by atoms with E-state index in [2.05, 4.69) is 4.40 Å². The summed E-state index contributed by atoms with van der Waals surface area (Å²) in [4.78, 5) is 0.823. The van der Waals surface area contributed by atoms with Gasteiger partial charge < -0.3 is 0 Å². The van der Waals surface area contributed by atoms with Crippen LogP contribution in [0.4, 0.5) is 0 Å². The second kappa shape index (κ2) is 2.75. The van der Waals surface area contributed by atoms with Crippen LogP contribution in [0.2, 0.25) is 0 Å². The summed E-state index contributed by atoms with van der Waals surface area (Å²) in [6.45, 7) is 0. The molecule has 0 fully saturated rings. The lowest BCUT2D eigenvalue weighted by molar-refractivity contribution is 0.685. The van der Waals surface area contributed by atoms with Crippen LogP contribution in [0.3, 0.4) is 0 Å². The molecular weight excluding hydrogens is 194 g/mol. The molecule has 68 valence electrons. The SMILES string of the molecule is O=S1N=Cc2c1ccc1ccccc21. The van der Waals surface area contributed by atoms with Crippen LogP contribution in [0.1, 0.15) is 5.56 Å². The first-order chi connectivity index (χ1) is 6.86. The summed E-state index contributed by atoms with van der Waals surface area (Å²) in [7, 11) is -1.18. The Kier molecular flexibility index (Phi) is 1.55. The number of nitrogens with zero attached hydrogens (tertiary/aromatic N) is 1. The quantitative estimate of drug-likeness (QED) is 0.643. The molecule has 0 saturated heterocycles. The van der Waals surface area contributed by atoms with E-state index in [9.17, 15) is 4.21 Å². The van der Waals surface area contributed by atoms with Crippen molar-refractivity contribution in [1.82, 2.24) is 0 Å². The van der Waals surface area contributed by atoms with Crippen LogP contribution in [0.5, 0.6) is 0 Å². The highest BCUT2D eigenvalue weighted by Crippen LogP contribution is 2.27. The van der Waals surface area contributed by atoms with Gasteiger partial charge in [-0.2, -0.15) is 4.40 Å².